The van der Waals surface area contributed by atoms with Gasteiger partial charge in [-0.2, -0.15) is 0 Å². The van der Waals surface area contributed by atoms with Crippen LogP contribution in [0, 0.1) is 0 Å². The van der Waals surface area contributed by atoms with Crippen LogP contribution in [-0.2, 0) is 9.47 Å². The Morgan fingerprint density at radius 3 is 1.42 bits per heavy atom. The van der Waals surface area contributed by atoms with Gasteiger partial charge < -0.3 is 34.4 Å². The lowest BCUT2D eigenvalue weighted by Gasteiger charge is -2.46. The molecule has 4 atom stereocenters. The van der Waals surface area contributed by atoms with E-state index in [2.05, 4.69) is 111 Å². The smallest absolute Gasteiger partial charge is 0.410 e. The SMILES string of the molecule is C.CC(C)(C)OC(=O)N1CCN(CCCl)CC1.C[C@@H]1CN(c2cc(Br)ccn2)C[C@H](C)N1.C[C@@H]1CN(c2cc(Br)ccn2)C[C@H](C)N1CCN1CCN(C(=O)OC(C)(C)C)CC1. The third kappa shape index (κ3) is 18.6. The normalized spacial score (nSPS) is 23.0. The van der Waals surface area contributed by atoms with Gasteiger partial charge >= 0.3 is 12.2 Å². The zero-order valence-electron chi connectivity index (χ0n) is 38.4. The first kappa shape index (κ1) is 53.9. The number of hydrogen-bond donors (Lipinski definition) is 1. The first-order chi connectivity index (χ1) is 28.7. The number of carbonyl (C=O) groups is 2. The number of alkyl halides is 1. The van der Waals surface area contributed by atoms with E-state index in [0.29, 0.717) is 30.0 Å². The highest BCUT2D eigenvalue weighted by molar-refractivity contribution is 9.10. The fraction of sp³-hybridized carbons (Fsp3) is 0.733. The van der Waals surface area contributed by atoms with Crippen molar-refractivity contribution >= 4 is 67.3 Å². The second kappa shape index (κ2) is 25.3. The molecule has 4 fully saturated rings. The van der Waals surface area contributed by atoms with Gasteiger partial charge in [0.25, 0.3) is 0 Å². The minimum absolute atomic E-state index is 0. The average molecular weight is 1020 g/mol. The summed E-state index contributed by atoms with van der Waals surface area (Å²) in [5.41, 5.74) is -0.849. The van der Waals surface area contributed by atoms with E-state index in [1.54, 1.807) is 4.90 Å². The molecule has 6 rings (SSSR count). The summed E-state index contributed by atoms with van der Waals surface area (Å²) in [5, 5.41) is 3.51. The number of carbonyl (C=O) groups excluding carboxylic acids is 2. The molecule has 0 unspecified atom stereocenters. The molecule has 0 aromatic carbocycles. The van der Waals surface area contributed by atoms with Gasteiger partial charge in [0.05, 0.1) is 0 Å². The van der Waals surface area contributed by atoms with Crippen LogP contribution in [0.25, 0.3) is 0 Å². The van der Waals surface area contributed by atoms with Crippen molar-refractivity contribution in [3.8, 4) is 0 Å². The molecule has 1 N–H and O–H groups in total. The maximum Gasteiger partial charge on any atom is 0.410 e. The van der Waals surface area contributed by atoms with Crippen molar-refractivity contribution in [2.24, 2.45) is 0 Å². The summed E-state index contributed by atoms with van der Waals surface area (Å²) in [6.45, 7) is 33.9. The van der Waals surface area contributed by atoms with Gasteiger partial charge in [0.2, 0.25) is 0 Å². The zero-order chi connectivity index (χ0) is 44.9. The van der Waals surface area contributed by atoms with E-state index in [1.807, 2.05) is 71.0 Å². The van der Waals surface area contributed by atoms with E-state index in [0.717, 1.165) is 119 Å². The van der Waals surface area contributed by atoms with Crippen molar-refractivity contribution in [3.05, 3.63) is 45.6 Å². The first-order valence-corrected chi connectivity index (χ1v) is 24.0. The number of anilines is 2. The highest BCUT2D eigenvalue weighted by atomic mass is 79.9. The van der Waals surface area contributed by atoms with Crippen molar-refractivity contribution in [3.63, 3.8) is 0 Å². The second-order valence-corrected chi connectivity index (χ2v) is 20.9. The molecule has 0 saturated carbocycles. The predicted molar refractivity (Wildman–Crippen MR) is 262 cm³/mol. The molecular weight excluding hydrogens is 940 g/mol. The summed E-state index contributed by atoms with van der Waals surface area (Å²) in [6.07, 6.45) is 3.30. The van der Waals surface area contributed by atoms with Crippen molar-refractivity contribution in [1.29, 1.82) is 0 Å². The molecule has 0 spiro atoms. The van der Waals surface area contributed by atoms with E-state index in [4.69, 9.17) is 21.1 Å². The maximum absolute atomic E-state index is 12.2. The molecule has 17 heteroatoms. The number of nitrogens with one attached hydrogen (secondary N) is 1. The van der Waals surface area contributed by atoms with Gasteiger partial charge in [-0.25, -0.2) is 19.6 Å². The van der Waals surface area contributed by atoms with E-state index in [1.165, 1.54) is 0 Å². The predicted octanol–water partition coefficient (Wildman–Crippen LogP) is 7.74. The number of nitrogens with zero attached hydrogens (tertiary/aromatic N) is 9. The van der Waals surface area contributed by atoms with Crippen LogP contribution in [0.1, 0.15) is 76.7 Å². The Hall–Kier alpha value is -2.47. The number of aromatic nitrogens is 2. The Morgan fingerprint density at radius 1 is 0.661 bits per heavy atom. The van der Waals surface area contributed by atoms with Crippen molar-refractivity contribution in [2.45, 2.75) is 112 Å². The van der Waals surface area contributed by atoms with E-state index >= 15 is 0 Å². The molecule has 2 amide bonds. The Labute approximate surface area is 395 Å². The van der Waals surface area contributed by atoms with Gasteiger partial charge in [0.1, 0.15) is 22.8 Å². The summed E-state index contributed by atoms with van der Waals surface area (Å²) >= 11 is 12.7. The molecule has 4 aliphatic rings. The van der Waals surface area contributed by atoms with Gasteiger partial charge in [0, 0.05) is 150 Å². The van der Waals surface area contributed by atoms with Crippen LogP contribution in [0.4, 0.5) is 21.2 Å². The maximum atomic E-state index is 12.2. The summed E-state index contributed by atoms with van der Waals surface area (Å²) in [7, 11) is 0. The summed E-state index contributed by atoms with van der Waals surface area (Å²) in [4.78, 5) is 48.6. The lowest BCUT2D eigenvalue weighted by molar-refractivity contribution is 0.0124. The average Bonchev–Trinajstić information content (AvgIpc) is 3.17. The molecule has 0 bridgehead atoms. The molecule has 0 radical (unpaired) electrons. The standard InChI is InChI=1S/C22H36BrN5O2.C11H16BrN3.C11H21ClN2O2.CH4/c1-17-15-27(20-14-19(23)6-7-24-20)16-18(2)28(17)13-10-25-8-11-26(12-9-25)21(29)30-22(3,4)5;1-8-6-15(7-9(2)14-8)11-5-10(12)3-4-13-11;1-11(2,3)16-10(15)14-8-6-13(5-4-12)7-9-14;/h6-7,14,17-18H,8-13,15-16H2,1-5H3;3-5,8-9,14H,6-7H2,1-2H3;4-9H2,1-3H3;1H4/t17-,18+;8-,9+;;. The van der Waals surface area contributed by atoms with Gasteiger partial charge in [-0.3, -0.25) is 14.7 Å². The van der Waals surface area contributed by atoms with Crippen molar-refractivity contribution in [2.75, 3.05) is 114 Å². The summed E-state index contributed by atoms with van der Waals surface area (Å²) < 4.78 is 13.0. The Morgan fingerprint density at radius 2 is 1.05 bits per heavy atom. The summed E-state index contributed by atoms with van der Waals surface area (Å²) in [6, 6.07) is 10.1. The van der Waals surface area contributed by atoms with Crippen LogP contribution >= 0.6 is 43.5 Å². The van der Waals surface area contributed by atoms with Crippen LogP contribution < -0.4 is 15.1 Å². The second-order valence-electron chi connectivity index (χ2n) is 18.7. The minimum atomic E-state index is -0.437. The van der Waals surface area contributed by atoms with Gasteiger partial charge in [-0.1, -0.05) is 39.3 Å². The molecule has 352 valence electrons. The highest BCUT2D eigenvalue weighted by Crippen LogP contribution is 2.24. The van der Waals surface area contributed by atoms with Crippen LogP contribution in [0.2, 0.25) is 0 Å². The fourth-order valence-corrected chi connectivity index (χ4v) is 8.85. The lowest BCUT2D eigenvalue weighted by Crippen LogP contribution is -2.59. The molecule has 4 aliphatic heterocycles. The minimum Gasteiger partial charge on any atom is -0.444 e. The van der Waals surface area contributed by atoms with Crippen LogP contribution in [0.5, 0.6) is 0 Å². The molecule has 62 heavy (non-hydrogen) atoms. The van der Waals surface area contributed by atoms with Crippen molar-refractivity contribution in [1.82, 2.24) is 39.8 Å². The molecular formula is C45H77Br2ClN10O4. The van der Waals surface area contributed by atoms with Gasteiger partial charge in [-0.05, 0) is 93.5 Å². The first-order valence-electron chi connectivity index (χ1n) is 21.9. The van der Waals surface area contributed by atoms with E-state index in [-0.39, 0.29) is 19.6 Å². The number of amides is 2. The third-order valence-electron chi connectivity index (χ3n) is 10.8. The largest absolute Gasteiger partial charge is 0.444 e. The third-order valence-corrected chi connectivity index (χ3v) is 12.0. The monoisotopic (exact) mass is 1010 g/mol. The fourth-order valence-electron chi connectivity index (χ4n) is 7.97. The number of halogens is 3. The molecule has 6 heterocycles. The zero-order valence-corrected chi connectivity index (χ0v) is 42.3. The number of hydrogen-bond acceptors (Lipinski definition) is 12. The van der Waals surface area contributed by atoms with Gasteiger partial charge in [-0.15, -0.1) is 11.6 Å². The van der Waals surface area contributed by atoms with E-state index < -0.39 is 11.2 Å². The highest BCUT2D eigenvalue weighted by Gasteiger charge is 2.32. The Bertz CT molecular complexity index is 1630. The number of rotatable bonds is 7. The number of pyridine rings is 2. The Kier molecular flexibility index (Phi) is 22.0. The molecule has 0 aliphatic carbocycles. The molecule has 4 saturated heterocycles. The number of ether oxygens (including phenoxy) is 2. The Balaban J connectivity index is 0.000000270. The van der Waals surface area contributed by atoms with Crippen LogP contribution in [-0.4, -0.2) is 186 Å². The van der Waals surface area contributed by atoms with Crippen LogP contribution in [0.15, 0.2) is 45.6 Å². The van der Waals surface area contributed by atoms with Crippen molar-refractivity contribution < 1.29 is 19.1 Å². The molecule has 2 aromatic heterocycles. The number of piperazine rings is 4. The van der Waals surface area contributed by atoms with Gasteiger partial charge in [0.15, 0.2) is 0 Å². The quantitative estimate of drug-likeness (QED) is 0.274. The topological polar surface area (TPSA) is 113 Å². The lowest BCUT2D eigenvalue weighted by atomic mass is 10.1. The van der Waals surface area contributed by atoms with E-state index in [9.17, 15) is 9.59 Å². The molecule has 14 nitrogen and oxygen atoms in total. The molecule has 2 aromatic rings. The van der Waals surface area contributed by atoms with Crippen LogP contribution in [0.3, 0.4) is 0 Å². The summed E-state index contributed by atoms with van der Waals surface area (Å²) in [5.74, 6) is 2.75.